The van der Waals surface area contributed by atoms with Gasteiger partial charge in [-0.3, -0.25) is 0 Å². The lowest BCUT2D eigenvalue weighted by molar-refractivity contribution is 0.322. The second-order valence-corrected chi connectivity index (χ2v) is 4.96. The quantitative estimate of drug-likeness (QED) is 0.812. The molecule has 0 aromatic heterocycles. The molecule has 0 spiro atoms. The van der Waals surface area contributed by atoms with Gasteiger partial charge in [-0.1, -0.05) is 45.8 Å². The number of hydrogen-bond acceptors (Lipinski definition) is 1. The van der Waals surface area contributed by atoms with Gasteiger partial charge < -0.3 is 4.74 Å². The van der Waals surface area contributed by atoms with E-state index in [2.05, 4.69) is 47.1 Å². The Balaban J connectivity index is 1.85. The van der Waals surface area contributed by atoms with Gasteiger partial charge in [-0.25, -0.2) is 0 Å². The summed E-state index contributed by atoms with van der Waals surface area (Å²) in [5.41, 5.74) is 2.54. The maximum absolute atomic E-state index is 5.69. The Morgan fingerprint density at radius 2 is 1.82 bits per heavy atom. The highest BCUT2D eigenvalue weighted by Crippen LogP contribution is 2.14. The lowest BCUT2D eigenvalue weighted by Gasteiger charge is -2.06. The Hall–Kier alpha value is -1.28. The van der Waals surface area contributed by atoms with Crippen molar-refractivity contribution >= 4 is 15.9 Å². The van der Waals surface area contributed by atoms with E-state index in [1.807, 2.05) is 24.3 Å². The van der Waals surface area contributed by atoms with E-state index in [-0.39, 0.29) is 0 Å². The van der Waals surface area contributed by atoms with Crippen molar-refractivity contribution in [3.8, 4) is 5.75 Å². The Bertz CT molecular complexity index is 477. The molecule has 0 amide bonds. The minimum Gasteiger partial charge on any atom is -0.493 e. The third-order valence-electron chi connectivity index (χ3n) is 2.57. The third-order valence-corrected chi connectivity index (χ3v) is 3.06. The summed E-state index contributed by atoms with van der Waals surface area (Å²) in [5, 5.41) is 0. The highest BCUT2D eigenvalue weighted by molar-refractivity contribution is 9.10. The van der Waals surface area contributed by atoms with Crippen molar-refractivity contribution in [1.29, 1.82) is 0 Å². The van der Waals surface area contributed by atoms with Crippen LogP contribution in [0, 0.1) is 6.92 Å². The zero-order valence-corrected chi connectivity index (χ0v) is 11.4. The molecular formula is C15H15BrO. The molecule has 0 atom stereocenters. The molecule has 0 aliphatic heterocycles. The van der Waals surface area contributed by atoms with Crippen molar-refractivity contribution in [1.82, 2.24) is 0 Å². The standard InChI is InChI=1S/C15H15BrO/c1-12-5-7-15(8-6-12)17-10-9-13-3-2-4-14(16)11-13/h2-8,11H,9-10H2,1H3. The summed E-state index contributed by atoms with van der Waals surface area (Å²) in [6.45, 7) is 2.78. The topological polar surface area (TPSA) is 9.23 Å². The molecule has 0 fully saturated rings. The van der Waals surface area contributed by atoms with Gasteiger partial charge in [0.15, 0.2) is 0 Å². The minimum atomic E-state index is 0.708. The van der Waals surface area contributed by atoms with Crippen molar-refractivity contribution in [2.24, 2.45) is 0 Å². The van der Waals surface area contributed by atoms with Gasteiger partial charge in [0.1, 0.15) is 5.75 Å². The average molecular weight is 291 g/mol. The first-order valence-corrected chi connectivity index (χ1v) is 6.47. The number of rotatable bonds is 4. The van der Waals surface area contributed by atoms with Crippen LogP contribution in [0.3, 0.4) is 0 Å². The summed E-state index contributed by atoms with van der Waals surface area (Å²) >= 11 is 3.47. The number of hydrogen-bond donors (Lipinski definition) is 0. The van der Waals surface area contributed by atoms with Crippen LogP contribution in [0.4, 0.5) is 0 Å². The maximum atomic E-state index is 5.69. The summed E-state index contributed by atoms with van der Waals surface area (Å²) in [4.78, 5) is 0. The molecule has 0 saturated heterocycles. The molecule has 2 aromatic rings. The van der Waals surface area contributed by atoms with Crippen LogP contribution in [-0.4, -0.2) is 6.61 Å². The fraction of sp³-hybridized carbons (Fsp3) is 0.200. The number of aryl methyl sites for hydroxylation is 1. The molecular weight excluding hydrogens is 276 g/mol. The maximum Gasteiger partial charge on any atom is 0.119 e. The molecule has 0 radical (unpaired) electrons. The van der Waals surface area contributed by atoms with Gasteiger partial charge >= 0.3 is 0 Å². The lowest BCUT2D eigenvalue weighted by Crippen LogP contribution is -2.01. The average Bonchev–Trinajstić information content (AvgIpc) is 2.32. The van der Waals surface area contributed by atoms with Gasteiger partial charge in [-0.15, -0.1) is 0 Å². The molecule has 17 heavy (non-hydrogen) atoms. The van der Waals surface area contributed by atoms with Gasteiger partial charge in [-0.2, -0.15) is 0 Å². The highest BCUT2D eigenvalue weighted by atomic mass is 79.9. The Morgan fingerprint density at radius 3 is 2.53 bits per heavy atom. The van der Waals surface area contributed by atoms with Crippen LogP contribution in [0.1, 0.15) is 11.1 Å². The summed E-state index contributed by atoms with van der Waals surface area (Å²) < 4.78 is 6.81. The van der Waals surface area contributed by atoms with Crippen LogP contribution < -0.4 is 4.74 Å². The number of halogens is 1. The summed E-state index contributed by atoms with van der Waals surface area (Å²) in [5.74, 6) is 0.936. The first-order valence-electron chi connectivity index (χ1n) is 5.68. The Kier molecular flexibility index (Phi) is 4.21. The van der Waals surface area contributed by atoms with Gasteiger partial charge in [0.2, 0.25) is 0 Å². The zero-order valence-electron chi connectivity index (χ0n) is 9.82. The second kappa shape index (κ2) is 5.87. The normalized spacial score (nSPS) is 10.2. The number of ether oxygens (including phenoxy) is 1. The van der Waals surface area contributed by atoms with Crippen LogP contribution >= 0.6 is 15.9 Å². The van der Waals surface area contributed by atoms with Crippen LogP contribution in [0.25, 0.3) is 0 Å². The monoisotopic (exact) mass is 290 g/mol. The van der Waals surface area contributed by atoms with E-state index in [1.54, 1.807) is 0 Å². The first kappa shape index (κ1) is 12.2. The van der Waals surface area contributed by atoms with Gasteiger partial charge in [0.25, 0.3) is 0 Å². The second-order valence-electron chi connectivity index (χ2n) is 4.04. The molecule has 2 aromatic carbocycles. The molecule has 1 nitrogen and oxygen atoms in total. The largest absolute Gasteiger partial charge is 0.493 e. The summed E-state index contributed by atoms with van der Waals surface area (Å²) in [6.07, 6.45) is 0.924. The Labute approximate surface area is 111 Å². The fourth-order valence-electron chi connectivity index (χ4n) is 1.61. The molecule has 2 heteroatoms. The SMILES string of the molecule is Cc1ccc(OCCc2cccc(Br)c2)cc1. The molecule has 0 saturated carbocycles. The van der Waals surface area contributed by atoms with Gasteiger partial charge in [0.05, 0.1) is 6.61 Å². The van der Waals surface area contributed by atoms with E-state index < -0.39 is 0 Å². The Morgan fingerprint density at radius 1 is 1.06 bits per heavy atom. The van der Waals surface area contributed by atoms with E-state index in [0.29, 0.717) is 6.61 Å². The van der Waals surface area contributed by atoms with Crippen molar-refractivity contribution in [2.75, 3.05) is 6.61 Å². The van der Waals surface area contributed by atoms with E-state index in [1.165, 1.54) is 11.1 Å². The van der Waals surface area contributed by atoms with Crippen LogP contribution in [-0.2, 0) is 6.42 Å². The van der Waals surface area contributed by atoms with Gasteiger partial charge in [0, 0.05) is 10.9 Å². The van der Waals surface area contributed by atoms with Crippen LogP contribution in [0.15, 0.2) is 53.0 Å². The van der Waals surface area contributed by atoms with Crippen molar-refractivity contribution in [3.63, 3.8) is 0 Å². The smallest absolute Gasteiger partial charge is 0.119 e. The zero-order chi connectivity index (χ0) is 12.1. The summed E-state index contributed by atoms with van der Waals surface area (Å²) in [6, 6.07) is 16.5. The van der Waals surface area contributed by atoms with Crippen LogP contribution in [0.2, 0.25) is 0 Å². The lowest BCUT2D eigenvalue weighted by atomic mass is 10.2. The summed E-state index contributed by atoms with van der Waals surface area (Å²) in [7, 11) is 0. The van der Waals surface area contributed by atoms with E-state index in [0.717, 1.165) is 16.6 Å². The molecule has 0 unspecified atom stereocenters. The first-order chi connectivity index (χ1) is 8.24. The molecule has 2 rings (SSSR count). The third kappa shape index (κ3) is 3.90. The predicted octanol–water partition coefficient (Wildman–Crippen LogP) is 4.38. The predicted molar refractivity (Wildman–Crippen MR) is 74.5 cm³/mol. The fourth-order valence-corrected chi connectivity index (χ4v) is 2.06. The molecule has 0 aliphatic rings. The minimum absolute atomic E-state index is 0.708. The number of benzene rings is 2. The van der Waals surface area contributed by atoms with Crippen molar-refractivity contribution < 1.29 is 4.74 Å². The van der Waals surface area contributed by atoms with E-state index in [4.69, 9.17) is 4.74 Å². The molecule has 0 aliphatic carbocycles. The van der Waals surface area contributed by atoms with E-state index >= 15 is 0 Å². The molecule has 0 heterocycles. The van der Waals surface area contributed by atoms with Crippen molar-refractivity contribution in [2.45, 2.75) is 13.3 Å². The van der Waals surface area contributed by atoms with E-state index in [9.17, 15) is 0 Å². The van der Waals surface area contributed by atoms with Gasteiger partial charge in [-0.05, 0) is 36.8 Å². The molecule has 0 N–H and O–H groups in total. The highest BCUT2D eigenvalue weighted by Gasteiger charge is 1.96. The molecule has 88 valence electrons. The van der Waals surface area contributed by atoms with Crippen molar-refractivity contribution in [3.05, 3.63) is 64.1 Å². The van der Waals surface area contributed by atoms with Crippen LogP contribution in [0.5, 0.6) is 5.75 Å². The molecule has 0 bridgehead atoms.